The van der Waals surface area contributed by atoms with Crippen molar-refractivity contribution < 1.29 is 23.9 Å². The summed E-state index contributed by atoms with van der Waals surface area (Å²) < 4.78 is 12.1. The molecule has 0 radical (unpaired) electrons. The number of ether oxygens (including phenoxy) is 2. The van der Waals surface area contributed by atoms with Crippen LogP contribution >= 0.6 is 0 Å². The van der Waals surface area contributed by atoms with Gasteiger partial charge in [-0.2, -0.15) is 0 Å². The summed E-state index contributed by atoms with van der Waals surface area (Å²) in [6.07, 6.45) is 2.60. The van der Waals surface area contributed by atoms with Crippen molar-refractivity contribution in [1.82, 2.24) is 20.1 Å². The van der Waals surface area contributed by atoms with Crippen molar-refractivity contribution in [3.63, 3.8) is 0 Å². The van der Waals surface area contributed by atoms with Gasteiger partial charge >= 0.3 is 0 Å². The number of likely N-dealkylation sites (tertiary alicyclic amines) is 1. The van der Waals surface area contributed by atoms with Crippen LogP contribution in [0.25, 0.3) is 10.9 Å². The topological polar surface area (TPSA) is 101 Å². The smallest absolute Gasteiger partial charge is 0.255 e. The van der Waals surface area contributed by atoms with Crippen molar-refractivity contribution >= 4 is 28.6 Å². The molecule has 3 atom stereocenters. The molecule has 9 heteroatoms. The molecule has 3 aromatic rings. The van der Waals surface area contributed by atoms with Crippen LogP contribution in [0.3, 0.4) is 0 Å². The van der Waals surface area contributed by atoms with E-state index < -0.39 is 11.9 Å². The molecule has 5 heterocycles. The molecule has 0 spiro atoms. The highest BCUT2D eigenvalue weighted by Gasteiger charge is 2.39. The fraction of sp³-hybridized carbons (Fsp3) is 0.471. The lowest BCUT2D eigenvalue weighted by Crippen LogP contribution is -2.52. The van der Waals surface area contributed by atoms with Crippen LogP contribution in [0, 0.1) is 5.41 Å². The van der Waals surface area contributed by atoms with Crippen molar-refractivity contribution in [3.05, 3.63) is 70.9 Å². The van der Waals surface area contributed by atoms with Gasteiger partial charge in [-0.1, -0.05) is 26.0 Å². The maximum absolute atomic E-state index is 13.0. The number of fused-ring (bicyclic) bond motifs is 2. The average Bonchev–Trinajstić information content (AvgIpc) is 3.55. The second-order valence-electron chi connectivity index (χ2n) is 13.1. The summed E-state index contributed by atoms with van der Waals surface area (Å²) in [5, 5.41) is 3.52. The fourth-order valence-corrected chi connectivity index (χ4v) is 7.17. The Bertz CT molecular complexity index is 1600. The van der Waals surface area contributed by atoms with Gasteiger partial charge in [0, 0.05) is 61.8 Å². The predicted molar refractivity (Wildman–Crippen MR) is 160 cm³/mol. The van der Waals surface area contributed by atoms with Crippen LogP contribution in [-0.4, -0.2) is 71.0 Å². The summed E-state index contributed by atoms with van der Waals surface area (Å²) in [5.74, 6) is 0.294. The van der Waals surface area contributed by atoms with Crippen molar-refractivity contribution in [2.24, 2.45) is 5.41 Å². The van der Waals surface area contributed by atoms with E-state index in [1.165, 1.54) is 5.56 Å². The number of benzene rings is 2. The van der Waals surface area contributed by atoms with Gasteiger partial charge in [-0.05, 0) is 72.2 Å². The Labute approximate surface area is 251 Å². The van der Waals surface area contributed by atoms with Crippen LogP contribution in [0.15, 0.2) is 48.5 Å². The molecule has 3 saturated heterocycles. The van der Waals surface area contributed by atoms with Crippen LogP contribution in [0.5, 0.6) is 5.75 Å². The molecular formula is C34H38N4O5. The number of aromatic nitrogens is 1. The molecule has 3 amide bonds. The Morgan fingerprint density at radius 1 is 1.05 bits per heavy atom. The first kappa shape index (κ1) is 28.0. The molecule has 0 saturated carbocycles. The van der Waals surface area contributed by atoms with Crippen molar-refractivity contribution in [3.8, 4) is 5.75 Å². The SMILES string of the molecule is CC1(C)COCCC1c1ccc2cc(CN3CCC(Oc4ccc5c(c4)CN(C4CCC(=O)NC4=O)C5=O)C3)ccc2n1. The third-order valence-electron chi connectivity index (χ3n) is 9.53. The number of amides is 3. The summed E-state index contributed by atoms with van der Waals surface area (Å²) in [7, 11) is 0. The van der Waals surface area contributed by atoms with Crippen LogP contribution in [0.2, 0.25) is 0 Å². The Morgan fingerprint density at radius 2 is 1.93 bits per heavy atom. The lowest BCUT2D eigenvalue weighted by Gasteiger charge is -2.38. The lowest BCUT2D eigenvalue weighted by molar-refractivity contribution is -0.136. The van der Waals surface area contributed by atoms with Gasteiger partial charge < -0.3 is 14.4 Å². The third-order valence-corrected chi connectivity index (χ3v) is 9.53. The van der Waals surface area contributed by atoms with Crippen LogP contribution < -0.4 is 10.1 Å². The quantitative estimate of drug-likeness (QED) is 0.435. The average molecular weight is 583 g/mol. The number of nitrogens with one attached hydrogen (secondary N) is 1. The number of nitrogens with zero attached hydrogens (tertiary/aromatic N) is 3. The molecule has 4 aliphatic heterocycles. The second-order valence-corrected chi connectivity index (χ2v) is 13.1. The fourth-order valence-electron chi connectivity index (χ4n) is 7.17. The van der Waals surface area contributed by atoms with Crippen molar-refractivity contribution in [2.75, 3.05) is 26.3 Å². The van der Waals surface area contributed by atoms with Gasteiger partial charge in [0.05, 0.1) is 12.1 Å². The molecule has 2 aromatic carbocycles. The highest BCUT2D eigenvalue weighted by atomic mass is 16.5. The molecule has 9 nitrogen and oxygen atoms in total. The van der Waals surface area contributed by atoms with Gasteiger partial charge in [0.25, 0.3) is 5.91 Å². The molecular weight excluding hydrogens is 544 g/mol. The van der Waals surface area contributed by atoms with Gasteiger partial charge in [-0.25, -0.2) is 0 Å². The van der Waals surface area contributed by atoms with E-state index in [-0.39, 0.29) is 29.8 Å². The van der Waals surface area contributed by atoms with Crippen molar-refractivity contribution in [1.29, 1.82) is 0 Å². The third kappa shape index (κ3) is 5.52. The van der Waals surface area contributed by atoms with Gasteiger partial charge in [0.15, 0.2) is 0 Å². The molecule has 3 fully saturated rings. The first-order valence-corrected chi connectivity index (χ1v) is 15.4. The van der Waals surface area contributed by atoms with Crippen molar-refractivity contribution in [2.45, 2.75) is 70.7 Å². The van der Waals surface area contributed by atoms with Crippen LogP contribution in [0.1, 0.15) is 72.6 Å². The summed E-state index contributed by atoms with van der Waals surface area (Å²) in [4.78, 5) is 45.9. The van der Waals surface area contributed by atoms with E-state index >= 15 is 0 Å². The van der Waals surface area contributed by atoms with Gasteiger partial charge in [0.1, 0.15) is 17.9 Å². The largest absolute Gasteiger partial charge is 0.489 e. The summed E-state index contributed by atoms with van der Waals surface area (Å²) in [5.41, 5.74) is 5.00. The normalized spacial score (nSPS) is 25.7. The molecule has 0 aliphatic carbocycles. The number of piperidine rings is 1. The zero-order valence-electron chi connectivity index (χ0n) is 24.8. The Balaban J connectivity index is 0.965. The van der Waals surface area contributed by atoms with E-state index in [0.717, 1.165) is 73.6 Å². The molecule has 3 unspecified atom stereocenters. The summed E-state index contributed by atoms with van der Waals surface area (Å²) >= 11 is 0. The molecule has 4 aliphatic rings. The zero-order valence-corrected chi connectivity index (χ0v) is 24.8. The highest BCUT2D eigenvalue weighted by Crippen LogP contribution is 2.41. The summed E-state index contributed by atoms with van der Waals surface area (Å²) in [6.45, 7) is 9.07. The first-order chi connectivity index (χ1) is 20.7. The minimum atomic E-state index is -0.613. The van der Waals surface area contributed by atoms with E-state index in [4.69, 9.17) is 14.5 Å². The highest BCUT2D eigenvalue weighted by molar-refractivity contribution is 6.05. The molecule has 1 aromatic heterocycles. The number of pyridine rings is 1. The number of carbonyl (C=O) groups is 3. The molecule has 43 heavy (non-hydrogen) atoms. The zero-order chi connectivity index (χ0) is 29.7. The standard InChI is InChI=1S/C34H38N4O5/c1-34(2)20-42-14-12-27(34)29-8-4-22-15-21(3-7-28(22)35-29)17-37-13-11-25(19-37)43-24-5-6-26-23(16-24)18-38(33(26)41)30-9-10-31(39)36-32(30)40/h3-8,15-16,25,27,30H,9-14,17-20H2,1-2H3,(H,36,39,40). The molecule has 0 bridgehead atoms. The minimum Gasteiger partial charge on any atom is -0.489 e. The maximum Gasteiger partial charge on any atom is 0.255 e. The predicted octanol–water partition coefficient (Wildman–Crippen LogP) is 4.18. The first-order valence-electron chi connectivity index (χ1n) is 15.4. The van der Waals surface area contributed by atoms with E-state index in [2.05, 4.69) is 54.4 Å². The minimum absolute atomic E-state index is 0.0638. The molecule has 224 valence electrons. The second kappa shape index (κ2) is 11.0. The van der Waals surface area contributed by atoms with E-state index in [9.17, 15) is 14.4 Å². The monoisotopic (exact) mass is 582 g/mol. The number of rotatable bonds is 6. The lowest BCUT2D eigenvalue weighted by atomic mass is 9.74. The molecule has 1 N–H and O–H groups in total. The van der Waals surface area contributed by atoms with E-state index in [1.807, 2.05) is 12.1 Å². The Morgan fingerprint density at radius 3 is 2.77 bits per heavy atom. The maximum atomic E-state index is 13.0. The van der Waals surface area contributed by atoms with Gasteiger partial charge in [-0.3, -0.25) is 29.6 Å². The van der Waals surface area contributed by atoms with Gasteiger partial charge in [0.2, 0.25) is 11.8 Å². The molecule has 7 rings (SSSR count). The van der Waals surface area contributed by atoms with E-state index in [1.54, 1.807) is 11.0 Å². The summed E-state index contributed by atoms with van der Waals surface area (Å²) in [6, 6.07) is 15.9. The number of imide groups is 1. The van der Waals surface area contributed by atoms with Gasteiger partial charge in [-0.15, -0.1) is 0 Å². The van der Waals surface area contributed by atoms with Crippen LogP contribution in [-0.2, 0) is 27.4 Å². The number of carbonyl (C=O) groups excluding carboxylic acids is 3. The number of hydrogen-bond acceptors (Lipinski definition) is 7. The Hall–Kier alpha value is -3.82. The van der Waals surface area contributed by atoms with E-state index in [0.29, 0.717) is 24.4 Å². The number of hydrogen-bond donors (Lipinski definition) is 1. The Kier molecular flexibility index (Phi) is 7.18. The van der Waals surface area contributed by atoms with Crippen LogP contribution in [0.4, 0.5) is 0 Å².